The van der Waals surface area contributed by atoms with E-state index in [9.17, 15) is 14.0 Å². The van der Waals surface area contributed by atoms with E-state index in [1.54, 1.807) is 12.1 Å². The molecule has 0 fully saturated rings. The van der Waals surface area contributed by atoms with Crippen LogP contribution in [0.5, 0.6) is 5.75 Å². The number of ketones is 1. The number of H-pyrrole nitrogens is 1. The first-order chi connectivity index (χ1) is 11.6. The number of hydrogen-bond acceptors (Lipinski definition) is 3. The van der Waals surface area contributed by atoms with E-state index in [1.165, 1.54) is 31.4 Å². The third-order valence-electron chi connectivity index (χ3n) is 3.63. The Kier molecular flexibility index (Phi) is 4.24. The first-order valence-electron chi connectivity index (χ1n) is 7.26. The Morgan fingerprint density at radius 2 is 1.96 bits per heavy atom. The molecule has 5 heteroatoms. The minimum atomic E-state index is -0.488. The highest BCUT2D eigenvalue weighted by atomic mass is 19.1. The van der Waals surface area contributed by atoms with Crippen LogP contribution in [0.3, 0.4) is 0 Å². The summed E-state index contributed by atoms with van der Waals surface area (Å²) in [5.41, 5.74) is 1.03. The van der Waals surface area contributed by atoms with Gasteiger partial charge in [0.15, 0.2) is 5.78 Å². The highest BCUT2D eigenvalue weighted by Gasteiger charge is 2.11. The van der Waals surface area contributed by atoms with Crippen molar-refractivity contribution in [2.45, 2.75) is 0 Å². The van der Waals surface area contributed by atoms with Crippen molar-refractivity contribution in [2.75, 3.05) is 7.11 Å². The van der Waals surface area contributed by atoms with Gasteiger partial charge >= 0.3 is 0 Å². The number of allylic oxidation sites excluding steroid dienone is 1. The number of rotatable bonds is 4. The number of aromatic nitrogens is 1. The van der Waals surface area contributed by atoms with Gasteiger partial charge in [-0.25, -0.2) is 4.39 Å². The normalized spacial score (nSPS) is 11.1. The number of aromatic amines is 1. The van der Waals surface area contributed by atoms with Gasteiger partial charge in [0, 0.05) is 17.1 Å². The number of hydrogen-bond donors (Lipinski definition) is 1. The second kappa shape index (κ2) is 6.50. The second-order valence-electron chi connectivity index (χ2n) is 5.18. The third kappa shape index (κ3) is 3.10. The summed E-state index contributed by atoms with van der Waals surface area (Å²) in [5, 5.41) is 0.864. The molecule has 0 aliphatic heterocycles. The van der Waals surface area contributed by atoms with Gasteiger partial charge in [-0.15, -0.1) is 0 Å². The van der Waals surface area contributed by atoms with E-state index in [-0.39, 0.29) is 22.7 Å². The molecule has 0 aliphatic rings. The van der Waals surface area contributed by atoms with Crippen LogP contribution in [0.1, 0.15) is 15.9 Å². The topological polar surface area (TPSA) is 59.2 Å². The van der Waals surface area contributed by atoms with Crippen LogP contribution >= 0.6 is 0 Å². The number of benzene rings is 2. The minimum absolute atomic E-state index is 0.150. The third-order valence-corrected chi connectivity index (χ3v) is 3.63. The van der Waals surface area contributed by atoms with Gasteiger partial charge in [-0.2, -0.15) is 0 Å². The van der Waals surface area contributed by atoms with Crippen molar-refractivity contribution in [3.8, 4) is 5.75 Å². The van der Waals surface area contributed by atoms with Gasteiger partial charge in [0.05, 0.1) is 12.7 Å². The van der Waals surface area contributed by atoms with Crippen molar-refractivity contribution in [2.24, 2.45) is 0 Å². The Morgan fingerprint density at radius 3 is 2.75 bits per heavy atom. The summed E-state index contributed by atoms with van der Waals surface area (Å²) in [6.07, 6.45) is 2.71. The van der Waals surface area contributed by atoms with E-state index < -0.39 is 5.82 Å². The lowest BCUT2D eigenvalue weighted by Crippen LogP contribution is -2.09. The predicted octanol–water partition coefficient (Wildman–Crippen LogP) is 3.57. The maximum atomic E-state index is 13.2. The highest BCUT2D eigenvalue weighted by Crippen LogP contribution is 2.20. The number of carbonyl (C=O) groups is 1. The lowest BCUT2D eigenvalue weighted by molar-refractivity contribution is 0.104. The van der Waals surface area contributed by atoms with Crippen LogP contribution in [0.15, 0.2) is 59.4 Å². The summed E-state index contributed by atoms with van der Waals surface area (Å²) >= 11 is 0. The molecule has 4 nitrogen and oxygen atoms in total. The Hall–Kier alpha value is -3.21. The predicted molar refractivity (Wildman–Crippen MR) is 90.9 cm³/mol. The highest BCUT2D eigenvalue weighted by molar-refractivity contribution is 6.08. The Balaban J connectivity index is 1.95. The molecule has 24 heavy (non-hydrogen) atoms. The number of ether oxygens (including phenoxy) is 1. The molecule has 0 saturated heterocycles. The summed E-state index contributed by atoms with van der Waals surface area (Å²) in [4.78, 5) is 27.1. The number of halogens is 1. The fourth-order valence-corrected chi connectivity index (χ4v) is 2.41. The average molecular weight is 323 g/mol. The molecule has 0 amide bonds. The van der Waals surface area contributed by atoms with Gasteiger partial charge in [-0.1, -0.05) is 18.2 Å². The van der Waals surface area contributed by atoms with Crippen molar-refractivity contribution in [1.29, 1.82) is 0 Å². The van der Waals surface area contributed by atoms with Crippen molar-refractivity contribution < 1.29 is 13.9 Å². The van der Waals surface area contributed by atoms with Gasteiger partial charge in [0.25, 0.3) is 5.56 Å². The van der Waals surface area contributed by atoms with Crippen LogP contribution in [0.25, 0.3) is 17.0 Å². The van der Waals surface area contributed by atoms with Crippen molar-refractivity contribution in [3.05, 3.63) is 81.9 Å². The zero-order valence-corrected chi connectivity index (χ0v) is 12.9. The molecule has 1 heterocycles. The van der Waals surface area contributed by atoms with Crippen molar-refractivity contribution in [3.63, 3.8) is 0 Å². The number of para-hydroxylation sites is 1. The van der Waals surface area contributed by atoms with Crippen LogP contribution in [0.4, 0.5) is 4.39 Å². The molecule has 0 aliphatic carbocycles. The molecule has 120 valence electrons. The Bertz CT molecular complexity index is 1000. The van der Waals surface area contributed by atoms with Gasteiger partial charge in [-0.05, 0) is 41.8 Å². The average Bonchev–Trinajstić information content (AvgIpc) is 2.59. The first kappa shape index (κ1) is 15.7. The second-order valence-corrected chi connectivity index (χ2v) is 5.18. The zero-order valence-electron chi connectivity index (χ0n) is 12.9. The molecule has 0 unspecified atom stereocenters. The monoisotopic (exact) mass is 323 g/mol. The van der Waals surface area contributed by atoms with Gasteiger partial charge in [0.2, 0.25) is 0 Å². The first-order valence-corrected chi connectivity index (χ1v) is 7.26. The summed E-state index contributed by atoms with van der Waals surface area (Å²) in [5.74, 6) is -0.713. The summed E-state index contributed by atoms with van der Waals surface area (Å²) in [7, 11) is 1.36. The van der Waals surface area contributed by atoms with Crippen LogP contribution in [0.2, 0.25) is 0 Å². The molecule has 0 spiro atoms. The molecule has 0 bridgehead atoms. The molecule has 3 rings (SSSR count). The fraction of sp³-hybridized carbons (Fsp3) is 0.0526. The van der Waals surface area contributed by atoms with E-state index in [4.69, 9.17) is 4.74 Å². The van der Waals surface area contributed by atoms with Crippen LogP contribution < -0.4 is 10.3 Å². The number of nitrogens with one attached hydrogen (secondary N) is 1. The summed E-state index contributed by atoms with van der Waals surface area (Å²) < 4.78 is 18.2. The van der Waals surface area contributed by atoms with E-state index in [0.29, 0.717) is 5.56 Å². The lowest BCUT2D eigenvalue weighted by atomic mass is 10.1. The SMILES string of the molecule is COc1cc(F)ccc1C(=O)/C=C/c1cc2ccccc2[nH]c1=O. The largest absolute Gasteiger partial charge is 0.496 e. The molecule has 0 radical (unpaired) electrons. The molecule has 0 saturated carbocycles. The van der Waals surface area contributed by atoms with Crippen LogP contribution in [-0.2, 0) is 0 Å². The zero-order chi connectivity index (χ0) is 17.1. The Labute approximate surface area is 137 Å². The van der Waals surface area contributed by atoms with Crippen molar-refractivity contribution >= 4 is 22.8 Å². The van der Waals surface area contributed by atoms with Gasteiger partial charge in [-0.3, -0.25) is 9.59 Å². The molecular weight excluding hydrogens is 309 g/mol. The van der Waals surface area contributed by atoms with E-state index in [1.807, 2.05) is 18.2 Å². The quantitative estimate of drug-likeness (QED) is 0.590. The number of pyridine rings is 1. The maximum Gasteiger partial charge on any atom is 0.255 e. The minimum Gasteiger partial charge on any atom is -0.496 e. The summed E-state index contributed by atoms with van der Waals surface area (Å²) in [6, 6.07) is 12.8. The Morgan fingerprint density at radius 1 is 1.17 bits per heavy atom. The van der Waals surface area contributed by atoms with E-state index in [2.05, 4.69) is 4.98 Å². The fourth-order valence-electron chi connectivity index (χ4n) is 2.41. The molecule has 1 aromatic heterocycles. The molecule has 2 aromatic carbocycles. The number of carbonyl (C=O) groups excluding carboxylic acids is 1. The van der Waals surface area contributed by atoms with E-state index in [0.717, 1.165) is 17.0 Å². The molecule has 0 atom stereocenters. The van der Waals surface area contributed by atoms with Crippen LogP contribution in [0, 0.1) is 5.82 Å². The van der Waals surface area contributed by atoms with E-state index >= 15 is 0 Å². The van der Waals surface area contributed by atoms with Crippen molar-refractivity contribution in [1.82, 2.24) is 4.98 Å². The van der Waals surface area contributed by atoms with Gasteiger partial charge in [0.1, 0.15) is 11.6 Å². The van der Waals surface area contributed by atoms with Crippen LogP contribution in [-0.4, -0.2) is 17.9 Å². The maximum absolute atomic E-state index is 13.2. The molecular formula is C19H14FNO3. The number of fused-ring (bicyclic) bond motifs is 1. The molecule has 3 aromatic rings. The summed E-state index contributed by atoms with van der Waals surface area (Å²) in [6.45, 7) is 0. The smallest absolute Gasteiger partial charge is 0.255 e. The molecule has 1 N–H and O–H groups in total. The van der Waals surface area contributed by atoms with Gasteiger partial charge < -0.3 is 9.72 Å². The standard InChI is InChI=1S/C19H14FNO3/c1-24-18-11-14(20)7-8-15(18)17(22)9-6-13-10-12-4-2-3-5-16(12)21-19(13)23/h2-11H,1H3,(H,21,23)/b9-6+. The lowest BCUT2D eigenvalue weighted by Gasteiger charge is -2.05. The number of methoxy groups -OCH3 is 1.